The van der Waals surface area contributed by atoms with Crippen molar-refractivity contribution in [2.24, 2.45) is 0 Å². The van der Waals surface area contributed by atoms with E-state index in [1.807, 2.05) is 12.1 Å². The van der Waals surface area contributed by atoms with E-state index in [1.165, 1.54) is 12.0 Å². The molecule has 2 nitrogen and oxygen atoms in total. The third-order valence-electron chi connectivity index (χ3n) is 1.82. The summed E-state index contributed by atoms with van der Waals surface area (Å²) in [6.45, 7) is 0.886. The van der Waals surface area contributed by atoms with Crippen molar-refractivity contribution in [3.05, 3.63) is 29.8 Å². The third-order valence-corrected chi connectivity index (χ3v) is 1.82. The zero-order valence-corrected chi connectivity index (χ0v) is 10.9. The molecule has 12 heavy (non-hydrogen) atoms. The van der Waals surface area contributed by atoms with E-state index < -0.39 is 0 Å². The molecule has 2 N–H and O–H groups in total. The Morgan fingerprint density at radius 2 is 1.92 bits per heavy atom. The first-order valence-electron chi connectivity index (χ1n) is 3.67. The zero-order valence-electron chi connectivity index (χ0n) is 6.84. The number of aryl methyl sites for hydroxylation is 1. The van der Waals surface area contributed by atoms with Gasteiger partial charge in [-0.25, -0.2) is 0 Å². The van der Waals surface area contributed by atoms with Crippen LogP contribution in [0.2, 0.25) is 0 Å². The number of ether oxygens (including phenoxy) is 1. The SMILES string of the molecule is O.[Th].c1ccc2c(c1)CCCO2. The molecular weight excluding hydrogens is 372 g/mol. The molecule has 2 rings (SSSR count). The monoisotopic (exact) mass is 384 g/mol. The van der Waals surface area contributed by atoms with Crippen LogP contribution < -0.4 is 4.74 Å². The van der Waals surface area contributed by atoms with Crippen LogP contribution in [0.15, 0.2) is 24.3 Å². The zero-order chi connectivity index (χ0) is 6.81. The molecule has 1 aromatic rings. The minimum atomic E-state index is 0. The van der Waals surface area contributed by atoms with Gasteiger partial charge in [0.25, 0.3) is 0 Å². The first-order valence-corrected chi connectivity index (χ1v) is 3.67. The number of rotatable bonds is 0. The van der Waals surface area contributed by atoms with Gasteiger partial charge in [-0.05, 0) is 24.5 Å². The van der Waals surface area contributed by atoms with E-state index in [-0.39, 0.29) is 45.4 Å². The van der Waals surface area contributed by atoms with Gasteiger partial charge in [-0.3, -0.25) is 0 Å². The minimum absolute atomic E-state index is 0. The van der Waals surface area contributed by atoms with Crippen LogP contribution in [-0.4, -0.2) is 12.1 Å². The molecule has 1 heterocycles. The van der Waals surface area contributed by atoms with Gasteiger partial charge >= 0.3 is 0 Å². The van der Waals surface area contributed by atoms with Gasteiger partial charge in [-0.1, -0.05) is 18.2 Å². The van der Waals surface area contributed by atoms with Crippen LogP contribution in [0, 0.1) is 39.9 Å². The van der Waals surface area contributed by atoms with E-state index in [4.69, 9.17) is 4.74 Å². The molecule has 0 radical (unpaired) electrons. The number of fused-ring (bicyclic) bond motifs is 1. The fraction of sp³-hybridized carbons (Fsp3) is 0.333. The standard InChI is InChI=1S/C9H10O.H2O.Th/c1-2-6-9-8(4-1)5-3-7-10-9;;/h1-2,4,6H,3,5,7H2;1H2;. The van der Waals surface area contributed by atoms with E-state index >= 15 is 0 Å². The molecule has 1 aromatic carbocycles. The van der Waals surface area contributed by atoms with E-state index in [0.717, 1.165) is 18.8 Å². The Kier molecular flexibility index (Phi) is 6.02. The van der Waals surface area contributed by atoms with Crippen molar-refractivity contribution in [2.45, 2.75) is 12.8 Å². The van der Waals surface area contributed by atoms with E-state index in [1.54, 1.807) is 0 Å². The van der Waals surface area contributed by atoms with Crippen molar-refractivity contribution in [2.75, 3.05) is 6.61 Å². The number of para-hydroxylation sites is 1. The second kappa shape index (κ2) is 5.87. The van der Waals surface area contributed by atoms with Crippen LogP contribution in [-0.2, 0) is 6.42 Å². The predicted molar refractivity (Wildman–Crippen MR) is 43.9 cm³/mol. The maximum absolute atomic E-state index is 5.42. The summed E-state index contributed by atoms with van der Waals surface area (Å²) in [4.78, 5) is 0. The molecule has 64 valence electrons. The Bertz CT molecular complexity index is 213. The predicted octanol–water partition coefficient (Wildman–Crippen LogP) is 1.19. The van der Waals surface area contributed by atoms with E-state index in [0.29, 0.717) is 0 Å². The van der Waals surface area contributed by atoms with Crippen molar-refractivity contribution in [3.8, 4) is 5.75 Å². The minimum Gasteiger partial charge on any atom is -0.493 e. The van der Waals surface area contributed by atoms with Crippen LogP contribution >= 0.6 is 0 Å². The molecule has 1 aliphatic rings. The Morgan fingerprint density at radius 1 is 1.17 bits per heavy atom. The van der Waals surface area contributed by atoms with Crippen LogP contribution in [0.3, 0.4) is 0 Å². The second-order valence-corrected chi connectivity index (χ2v) is 2.56. The molecule has 0 aliphatic carbocycles. The molecule has 0 spiro atoms. The largest absolute Gasteiger partial charge is 0.493 e. The van der Waals surface area contributed by atoms with Gasteiger partial charge in [0.05, 0.1) is 6.61 Å². The molecular formula is C9H12O2Th. The summed E-state index contributed by atoms with van der Waals surface area (Å²) in [7, 11) is 0. The average Bonchev–Trinajstić information content (AvgIpc) is 2.05. The summed E-state index contributed by atoms with van der Waals surface area (Å²) in [6.07, 6.45) is 2.34. The quantitative estimate of drug-likeness (QED) is 0.663. The average molecular weight is 384 g/mol. The van der Waals surface area contributed by atoms with Crippen LogP contribution in [0.1, 0.15) is 12.0 Å². The van der Waals surface area contributed by atoms with Crippen LogP contribution in [0.25, 0.3) is 0 Å². The first-order chi connectivity index (χ1) is 4.97. The van der Waals surface area contributed by atoms with Crippen molar-refractivity contribution in [1.29, 1.82) is 0 Å². The Hall–Kier alpha value is 0.305. The Balaban J connectivity index is 0.000000605. The summed E-state index contributed by atoms with van der Waals surface area (Å²) in [5.41, 5.74) is 1.36. The van der Waals surface area contributed by atoms with Crippen molar-refractivity contribution < 1.29 is 50.2 Å². The summed E-state index contributed by atoms with van der Waals surface area (Å²) in [5.74, 6) is 1.08. The molecule has 1 aliphatic heterocycles. The van der Waals surface area contributed by atoms with Crippen molar-refractivity contribution in [1.82, 2.24) is 0 Å². The molecule has 0 fully saturated rings. The molecule has 0 amide bonds. The van der Waals surface area contributed by atoms with Gasteiger partial charge in [0.15, 0.2) is 0 Å². The first kappa shape index (κ1) is 12.3. The molecule has 0 atom stereocenters. The summed E-state index contributed by atoms with van der Waals surface area (Å²) < 4.78 is 5.42. The van der Waals surface area contributed by atoms with Gasteiger partial charge in [0.2, 0.25) is 0 Å². The third kappa shape index (κ3) is 2.66. The van der Waals surface area contributed by atoms with E-state index in [2.05, 4.69) is 12.1 Å². The second-order valence-electron chi connectivity index (χ2n) is 2.56. The molecule has 3 heteroatoms. The maximum atomic E-state index is 5.42. The van der Waals surface area contributed by atoms with Gasteiger partial charge in [0.1, 0.15) is 5.75 Å². The van der Waals surface area contributed by atoms with Gasteiger partial charge in [-0.2, -0.15) is 0 Å². The fourth-order valence-electron chi connectivity index (χ4n) is 1.30. The number of hydrogen-bond donors (Lipinski definition) is 0. The maximum Gasteiger partial charge on any atom is 0.122 e. The topological polar surface area (TPSA) is 40.7 Å². The normalized spacial score (nSPS) is 13.0. The van der Waals surface area contributed by atoms with Crippen LogP contribution in [0.5, 0.6) is 5.75 Å². The Labute approximate surface area is 104 Å². The van der Waals surface area contributed by atoms with Crippen molar-refractivity contribution >= 4 is 0 Å². The molecule has 0 saturated carbocycles. The molecule has 0 aromatic heterocycles. The van der Waals surface area contributed by atoms with Gasteiger partial charge < -0.3 is 10.2 Å². The smallest absolute Gasteiger partial charge is 0.122 e. The fourth-order valence-corrected chi connectivity index (χ4v) is 1.30. The van der Waals surface area contributed by atoms with Gasteiger partial charge in [0, 0.05) is 39.9 Å². The summed E-state index contributed by atoms with van der Waals surface area (Å²) >= 11 is 0. The van der Waals surface area contributed by atoms with Crippen LogP contribution in [0.4, 0.5) is 0 Å². The van der Waals surface area contributed by atoms with Crippen molar-refractivity contribution in [3.63, 3.8) is 0 Å². The summed E-state index contributed by atoms with van der Waals surface area (Å²) in [5, 5.41) is 0. The number of benzene rings is 1. The molecule has 0 saturated heterocycles. The van der Waals surface area contributed by atoms with Gasteiger partial charge in [-0.15, -0.1) is 0 Å². The summed E-state index contributed by atoms with van der Waals surface area (Å²) in [6, 6.07) is 8.25. The molecule has 0 bridgehead atoms. The van der Waals surface area contributed by atoms with E-state index in [9.17, 15) is 0 Å². The Morgan fingerprint density at radius 3 is 2.67 bits per heavy atom. The molecule has 0 unspecified atom stereocenters. The number of hydrogen-bond acceptors (Lipinski definition) is 1.